The molecule has 12 heteroatoms. The molecule has 2 aromatic heterocycles. The van der Waals surface area contributed by atoms with Crippen LogP contribution in [0.1, 0.15) is 11.3 Å². The van der Waals surface area contributed by atoms with Gasteiger partial charge >= 0.3 is 0 Å². The first-order valence-corrected chi connectivity index (χ1v) is 13.2. The third-order valence-electron chi connectivity index (χ3n) is 4.96. The molecule has 0 radical (unpaired) electrons. The van der Waals surface area contributed by atoms with Crippen LogP contribution < -0.4 is 4.74 Å². The fraction of sp³-hybridized carbons (Fsp3) is 0.368. The van der Waals surface area contributed by atoms with Crippen LogP contribution in [0.25, 0.3) is 5.69 Å². The van der Waals surface area contributed by atoms with Gasteiger partial charge in [-0.3, -0.25) is 4.79 Å². The van der Waals surface area contributed by atoms with Crippen LogP contribution in [0, 0.1) is 0 Å². The Labute approximate surface area is 188 Å². The Hall–Kier alpha value is -2.44. The van der Waals surface area contributed by atoms with Crippen molar-refractivity contribution in [3.63, 3.8) is 0 Å². The van der Waals surface area contributed by atoms with Crippen molar-refractivity contribution in [2.24, 2.45) is 0 Å². The van der Waals surface area contributed by atoms with Crippen molar-refractivity contribution in [1.82, 2.24) is 25.1 Å². The van der Waals surface area contributed by atoms with Crippen LogP contribution in [0.4, 0.5) is 0 Å². The number of amides is 1. The first-order valence-electron chi connectivity index (χ1n) is 9.53. The van der Waals surface area contributed by atoms with E-state index in [0.29, 0.717) is 18.1 Å². The van der Waals surface area contributed by atoms with E-state index in [1.54, 1.807) is 40.2 Å². The van der Waals surface area contributed by atoms with Crippen molar-refractivity contribution in [2.75, 3.05) is 24.4 Å². The van der Waals surface area contributed by atoms with Gasteiger partial charge in [0.1, 0.15) is 5.75 Å². The predicted molar refractivity (Wildman–Crippen MR) is 118 cm³/mol. The van der Waals surface area contributed by atoms with Crippen molar-refractivity contribution >= 4 is 38.8 Å². The van der Waals surface area contributed by atoms with Gasteiger partial charge in [0.15, 0.2) is 9.84 Å². The van der Waals surface area contributed by atoms with E-state index < -0.39 is 9.84 Å². The molecule has 4 rings (SSSR count). The lowest BCUT2D eigenvalue weighted by atomic mass is 10.2. The highest BCUT2D eigenvalue weighted by Crippen LogP contribution is 2.25. The topological polar surface area (TPSA) is 107 Å². The summed E-state index contributed by atoms with van der Waals surface area (Å²) in [7, 11) is -1.51. The van der Waals surface area contributed by atoms with Crippen LogP contribution in [-0.2, 0) is 21.2 Å². The molecule has 1 aliphatic rings. The van der Waals surface area contributed by atoms with Crippen molar-refractivity contribution < 1.29 is 17.9 Å². The molecule has 3 heterocycles. The van der Waals surface area contributed by atoms with Gasteiger partial charge in [-0.05, 0) is 52.6 Å². The third-order valence-corrected chi connectivity index (χ3v) is 8.47. The summed E-state index contributed by atoms with van der Waals surface area (Å²) in [6.07, 6.45) is 0.466. The number of hydrogen-bond acceptors (Lipinski definition) is 9. The third kappa shape index (κ3) is 5.25. The highest BCUT2D eigenvalue weighted by atomic mass is 32.2. The standard InChI is InChI=1S/C19H21N5O4S3/c1-28-16-6-4-14(5-7-16)24-19(20-21-22-24)30-12-18(25)23(11-17-3-2-9-29-17)15-8-10-31(26,27)13-15/h2-7,9,15H,8,10-13H2,1H3. The Balaban J connectivity index is 1.47. The van der Waals surface area contributed by atoms with Crippen LogP contribution in [-0.4, -0.2) is 69.8 Å². The number of ether oxygens (including phenoxy) is 1. The highest BCUT2D eigenvalue weighted by Gasteiger charge is 2.35. The average molecular weight is 480 g/mol. The minimum absolute atomic E-state index is 0.0123. The molecule has 1 unspecified atom stereocenters. The van der Waals surface area contributed by atoms with Gasteiger partial charge in [0.05, 0.1) is 36.6 Å². The molecule has 0 spiro atoms. The number of aromatic nitrogens is 4. The zero-order valence-corrected chi connectivity index (χ0v) is 19.2. The molecule has 0 aliphatic carbocycles. The SMILES string of the molecule is COc1ccc(-n2nnnc2SCC(=O)N(Cc2cccs2)C2CCS(=O)(=O)C2)cc1. The molecule has 164 valence electrons. The molecule has 1 atom stereocenters. The highest BCUT2D eigenvalue weighted by molar-refractivity contribution is 7.99. The van der Waals surface area contributed by atoms with Gasteiger partial charge in [-0.2, -0.15) is 4.68 Å². The van der Waals surface area contributed by atoms with Crippen LogP contribution in [0.2, 0.25) is 0 Å². The van der Waals surface area contributed by atoms with E-state index in [4.69, 9.17) is 4.74 Å². The second kappa shape index (κ2) is 9.37. The number of tetrazole rings is 1. The maximum atomic E-state index is 13.1. The summed E-state index contributed by atoms with van der Waals surface area (Å²) in [5.74, 6) is 0.827. The molecule has 1 amide bonds. The summed E-state index contributed by atoms with van der Waals surface area (Å²) in [4.78, 5) is 15.8. The van der Waals surface area contributed by atoms with E-state index in [1.165, 1.54) is 11.8 Å². The quantitative estimate of drug-likeness (QED) is 0.452. The van der Waals surface area contributed by atoms with Gasteiger partial charge in [0.2, 0.25) is 11.1 Å². The molecule has 0 bridgehead atoms. The number of sulfone groups is 1. The van der Waals surface area contributed by atoms with E-state index in [1.807, 2.05) is 29.6 Å². The van der Waals surface area contributed by atoms with Crippen molar-refractivity contribution in [3.8, 4) is 11.4 Å². The molecular weight excluding hydrogens is 458 g/mol. The number of carbonyl (C=O) groups excluding carboxylic acids is 1. The zero-order valence-electron chi connectivity index (χ0n) is 16.7. The number of benzene rings is 1. The van der Waals surface area contributed by atoms with E-state index >= 15 is 0 Å². The molecule has 1 aromatic carbocycles. The molecule has 0 saturated carbocycles. The number of thiophene rings is 1. The Bertz CT molecular complexity index is 1130. The minimum atomic E-state index is -3.10. The second-order valence-electron chi connectivity index (χ2n) is 7.02. The molecule has 1 saturated heterocycles. The second-order valence-corrected chi connectivity index (χ2v) is 11.2. The van der Waals surface area contributed by atoms with E-state index in [9.17, 15) is 13.2 Å². The Kier molecular flexibility index (Phi) is 6.58. The maximum Gasteiger partial charge on any atom is 0.233 e. The van der Waals surface area contributed by atoms with Crippen molar-refractivity contribution in [2.45, 2.75) is 24.2 Å². The first-order chi connectivity index (χ1) is 14.9. The predicted octanol–water partition coefficient (Wildman–Crippen LogP) is 2.04. The van der Waals surface area contributed by atoms with Gasteiger partial charge < -0.3 is 9.64 Å². The maximum absolute atomic E-state index is 13.1. The summed E-state index contributed by atoms with van der Waals surface area (Å²) >= 11 is 2.77. The average Bonchev–Trinajstić information content (AvgIpc) is 3.51. The largest absolute Gasteiger partial charge is 0.497 e. The van der Waals surface area contributed by atoms with Gasteiger partial charge in [-0.1, -0.05) is 17.8 Å². The molecule has 0 N–H and O–H groups in total. The molecule has 9 nitrogen and oxygen atoms in total. The first kappa shape index (κ1) is 21.8. The van der Waals surface area contributed by atoms with Crippen molar-refractivity contribution in [3.05, 3.63) is 46.7 Å². The summed E-state index contributed by atoms with van der Waals surface area (Å²) < 4.78 is 30.7. The van der Waals surface area contributed by atoms with Gasteiger partial charge in [-0.25, -0.2) is 8.42 Å². The number of nitrogens with zero attached hydrogens (tertiary/aromatic N) is 5. The summed E-state index contributed by atoms with van der Waals surface area (Å²) in [6, 6.07) is 10.8. The Morgan fingerprint density at radius 3 is 2.77 bits per heavy atom. The number of hydrogen-bond donors (Lipinski definition) is 0. The van der Waals surface area contributed by atoms with E-state index in [-0.39, 0.29) is 29.2 Å². The molecular formula is C19H21N5O4S3. The Morgan fingerprint density at radius 1 is 1.32 bits per heavy atom. The zero-order chi connectivity index (χ0) is 21.8. The molecule has 31 heavy (non-hydrogen) atoms. The Morgan fingerprint density at radius 2 is 2.13 bits per heavy atom. The van der Waals surface area contributed by atoms with Crippen molar-refractivity contribution in [1.29, 1.82) is 0 Å². The lowest BCUT2D eigenvalue weighted by Crippen LogP contribution is -2.41. The monoisotopic (exact) mass is 479 g/mol. The molecule has 3 aromatic rings. The van der Waals surface area contributed by atoms with E-state index in [2.05, 4.69) is 15.5 Å². The van der Waals surface area contributed by atoms with Gasteiger partial charge in [0, 0.05) is 10.9 Å². The van der Waals surface area contributed by atoms with Gasteiger partial charge in [-0.15, -0.1) is 16.4 Å². The number of carbonyl (C=O) groups is 1. The fourth-order valence-corrected chi connectivity index (χ4v) is 6.59. The van der Waals surface area contributed by atoms with Gasteiger partial charge in [0.25, 0.3) is 0 Å². The van der Waals surface area contributed by atoms with Crippen LogP contribution in [0.3, 0.4) is 0 Å². The summed E-state index contributed by atoms with van der Waals surface area (Å²) in [5, 5.41) is 14.2. The number of thioether (sulfide) groups is 1. The lowest BCUT2D eigenvalue weighted by molar-refractivity contribution is -0.130. The molecule has 1 aliphatic heterocycles. The minimum Gasteiger partial charge on any atom is -0.497 e. The smallest absolute Gasteiger partial charge is 0.233 e. The lowest BCUT2D eigenvalue weighted by Gasteiger charge is -2.27. The van der Waals surface area contributed by atoms with Crippen LogP contribution >= 0.6 is 23.1 Å². The summed E-state index contributed by atoms with van der Waals surface area (Å²) in [6.45, 7) is 0.403. The fourth-order valence-electron chi connectivity index (χ4n) is 3.38. The number of methoxy groups -OCH3 is 1. The number of rotatable bonds is 8. The normalized spacial score (nSPS) is 17.5. The van der Waals surface area contributed by atoms with Crippen LogP contribution in [0.5, 0.6) is 5.75 Å². The molecule has 1 fully saturated rings. The van der Waals surface area contributed by atoms with Crippen LogP contribution in [0.15, 0.2) is 46.9 Å². The summed E-state index contributed by atoms with van der Waals surface area (Å²) in [5.41, 5.74) is 0.748. The van der Waals surface area contributed by atoms with E-state index in [0.717, 1.165) is 16.3 Å².